The SMILES string of the molecule is CCN1CC[C@@H]2CCN(c3ccc(-c4c(C)cc(Cl)cc4Cl)nn3)[C@@H]2C1. The van der Waals surface area contributed by atoms with Crippen LogP contribution in [0.15, 0.2) is 24.3 Å². The van der Waals surface area contributed by atoms with Gasteiger partial charge in [-0.2, -0.15) is 0 Å². The second-order valence-corrected chi connectivity index (χ2v) is 8.19. The first-order valence-electron chi connectivity index (χ1n) is 9.35. The third-order valence-electron chi connectivity index (χ3n) is 5.85. The Morgan fingerprint density at radius 1 is 1.12 bits per heavy atom. The summed E-state index contributed by atoms with van der Waals surface area (Å²) in [5.74, 6) is 1.76. The van der Waals surface area contributed by atoms with Gasteiger partial charge in [-0.25, -0.2) is 0 Å². The van der Waals surface area contributed by atoms with Gasteiger partial charge in [0.2, 0.25) is 0 Å². The van der Waals surface area contributed by atoms with Crippen LogP contribution >= 0.6 is 23.2 Å². The van der Waals surface area contributed by atoms with Crippen molar-refractivity contribution in [2.24, 2.45) is 5.92 Å². The fraction of sp³-hybridized carbons (Fsp3) is 0.500. The molecular weight excluding hydrogens is 367 g/mol. The maximum Gasteiger partial charge on any atom is 0.151 e. The molecule has 4 nitrogen and oxygen atoms in total. The Morgan fingerprint density at radius 2 is 1.92 bits per heavy atom. The van der Waals surface area contributed by atoms with Crippen LogP contribution in [0.5, 0.6) is 0 Å². The summed E-state index contributed by atoms with van der Waals surface area (Å²) in [6, 6.07) is 8.33. The quantitative estimate of drug-likeness (QED) is 0.761. The molecule has 3 heterocycles. The number of hydrogen-bond acceptors (Lipinski definition) is 4. The molecule has 0 amide bonds. The molecule has 138 valence electrons. The van der Waals surface area contributed by atoms with E-state index in [9.17, 15) is 0 Å². The topological polar surface area (TPSA) is 32.3 Å². The zero-order chi connectivity index (χ0) is 18.3. The van der Waals surface area contributed by atoms with E-state index < -0.39 is 0 Å². The third kappa shape index (κ3) is 3.30. The van der Waals surface area contributed by atoms with Crippen molar-refractivity contribution >= 4 is 29.0 Å². The van der Waals surface area contributed by atoms with E-state index in [-0.39, 0.29) is 0 Å². The Kier molecular flexibility index (Phi) is 5.09. The molecule has 2 aliphatic heterocycles. The average molecular weight is 391 g/mol. The first-order valence-corrected chi connectivity index (χ1v) is 10.1. The van der Waals surface area contributed by atoms with Crippen molar-refractivity contribution in [1.29, 1.82) is 0 Å². The van der Waals surface area contributed by atoms with Crippen LogP contribution in [0.25, 0.3) is 11.3 Å². The monoisotopic (exact) mass is 390 g/mol. The number of benzene rings is 1. The van der Waals surface area contributed by atoms with Crippen LogP contribution in [0.4, 0.5) is 5.82 Å². The standard InChI is InChI=1S/C20H24Cl2N4/c1-3-25-8-6-14-7-9-26(18(14)12-25)19-5-4-17(23-24-19)20-13(2)10-15(21)11-16(20)22/h4-5,10-11,14,18H,3,6-9,12H2,1-2H3/t14-,18-/m1/s1. The van der Waals surface area contributed by atoms with Gasteiger partial charge >= 0.3 is 0 Å². The summed E-state index contributed by atoms with van der Waals surface area (Å²) in [4.78, 5) is 4.98. The number of anilines is 1. The lowest BCUT2D eigenvalue weighted by atomic mass is 9.92. The van der Waals surface area contributed by atoms with Gasteiger partial charge < -0.3 is 9.80 Å². The van der Waals surface area contributed by atoms with E-state index >= 15 is 0 Å². The van der Waals surface area contributed by atoms with Gasteiger partial charge in [-0.15, -0.1) is 10.2 Å². The van der Waals surface area contributed by atoms with Gasteiger partial charge in [0.1, 0.15) is 0 Å². The zero-order valence-electron chi connectivity index (χ0n) is 15.3. The molecule has 1 aromatic carbocycles. The second kappa shape index (κ2) is 7.34. The molecule has 2 atom stereocenters. The van der Waals surface area contributed by atoms with Crippen LogP contribution in [-0.2, 0) is 0 Å². The molecule has 26 heavy (non-hydrogen) atoms. The molecule has 2 saturated heterocycles. The summed E-state index contributed by atoms with van der Waals surface area (Å²) in [6.45, 7) is 8.79. The predicted octanol–water partition coefficient (Wildman–Crippen LogP) is 4.68. The molecule has 4 rings (SSSR count). The number of halogens is 2. The first kappa shape index (κ1) is 18.0. The van der Waals surface area contributed by atoms with Crippen LogP contribution in [0, 0.1) is 12.8 Å². The van der Waals surface area contributed by atoms with Crippen molar-refractivity contribution in [3.8, 4) is 11.3 Å². The number of piperidine rings is 1. The van der Waals surface area contributed by atoms with E-state index in [1.54, 1.807) is 6.07 Å². The van der Waals surface area contributed by atoms with Crippen molar-refractivity contribution < 1.29 is 0 Å². The van der Waals surface area contributed by atoms with Crippen LogP contribution in [0.2, 0.25) is 10.0 Å². The third-order valence-corrected chi connectivity index (χ3v) is 6.36. The summed E-state index contributed by atoms with van der Waals surface area (Å²) in [7, 11) is 0. The molecule has 2 aliphatic rings. The average Bonchev–Trinajstić information content (AvgIpc) is 3.04. The number of rotatable bonds is 3. The lowest BCUT2D eigenvalue weighted by Gasteiger charge is -2.38. The Balaban J connectivity index is 1.59. The number of hydrogen-bond donors (Lipinski definition) is 0. The predicted molar refractivity (Wildman–Crippen MR) is 108 cm³/mol. The molecular formula is C20H24Cl2N4. The Morgan fingerprint density at radius 3 is 2.62 bits per heavy atom. The van der Waals surface area contributed by atoms with Gasteiger partial charge in [0.05, 0.1) is 10.7 Å². The number of aromatic nitrogens is 2. The van der Waals surface area contributed by atoms with Crippen molar-refractivity contribution in [3.05, 3.63) is 39.9 Å². The summed E-state index contributed by atoms with van der Waals surface area (Å²) in [5, 5.41) is 10.3. The number of aryl methyl sites for hydroxylation is 1. The van der Waals surface area contributed by atoms with E-state index in [4.69, 9.17) is 23.2 Å². The largest absolute Gasteiger partial charge is 0.351 e. The van der Waals surface area contributed by atoms with Gasteiger partial charge in [-0.05, 0) is 68.6 Å². The normalized spacial score (nSPS) is 23.3. The maximum atomic E-state index is 6.39. The minimum Gasteiger partial charge on any atom is -0.351 e. The number of fused-ring (bicyclic) bond motifs is 1. The van der Waals surface area contributed by atoms with Crippen molar-refractivity contribution in [3.63, 3.8) is 0 Å². The van der Waals surface area contributed by atoms with Crippen LogP contribution in [-0.4, -0.2) is 47.3 Å². The summed E-state index contributed by atoms with van der Waals surface area (Å²) in [5.41, 5.74) is 2.71. The lowest BCUT2D eigenvalue weighted by Crippen LogP contribution is -2.48. The van der Waals surface area contributed by atoms with Gasteiger partial charge in [0, 0.05) is 29.7 Å². The summed E-state index contributed by atoms with van der Waals surface area (Å²) >= 11 is 12.5. The summed E-state index contributed by atoms with van der Waals surface area (Å²) in [6.07, 6.45) is 2.55. The van der Waals surface area contributed by atoms with Crippen molar-refractivity contribution in [2.75, 3.05) is 31.1 Å². The van der Waals surface area contributed by atoms with Crippen LogP contribution in [0.1, 0.15) is 25.3 Å². The van der Waals surface area contributed by atoms with Crippen LogP contribution in [0.3, 0.4) is 0 Å². The van der Waals surface area contributed by atoms with Gasteiger partial charge in [0.15, 0.2) is 5.82 Å². The van der Waals surface area contributed by atoms with E-state index in [0.717, 1.165) is 48.2 Å². The van der Waals surface area contributed by atoms with Gasteiger partial charge in [-0.1, -0.05) is 30.1 Å². The molecule has 0 spiro atoms. The lowest BCUT2D eigenvalue weighted by molar-refractivity contribution is 0.182. The molecule has 2 fully saturated rings. The van der Waals surface area contributed by atoms with Crippen LogP contribution < -0.4 is 4.90 Å². The highest BCUT2D eigenvalue weighted by atomic mass is 35.5. The highest BCUT2D eigenvalue weighted by Gasteiger charge is 2.38. The highest BCUT2D eigenvalue weighted by molar-refractivity contribution is 6.36. The fourth-order valence-corrected chi connectivity index (χ4v) is 5.11. The maximum absolute atomic E-state index is 6.39. The van der Waals surface area contributed by atoms with E-state index in [1.807, 2.05) is 19.1 Å². The highest BCUT2D eigenvalue weighted by Crippen LogP contribution is 2.36. The minimum absolute atomic E-state index is 0.560. The molecule has 1 aromatic heterocycles. The minimum atomic E-state index is 0.560. The van der Waals surface area contributed by atoms with E-state index in [0.29, 0.717) is 16.1 Å². The Hall–Kier alpha value is -1.36. The molecule has 0 aliphatic carbocycles. The Labute approximate surface area is 165 Å². The van der Waals surface area contributed by atoms with Gasteiger partial charge in [-0.3, -0.25) is 0 Å². The molecule has 0 bridgehead atoms. The Bertz CT molecular complexity index is 770. The van der Waals surface area contributed by atoms with E-state index in [1.165, 1.54) is 19.4 Å². The molecule has 2 aromatic rings. The zero-order valence-corrected chi connectivity index (χ0v) is 16.8. The molecule has 0 N–H and O–H groups in total. The summed E-state index contributed by atoms with van der Waals surface area (Å²) < 4.78 is 0. The smallest absolute Gasteiger partial charge is 0.151 e. The van der Waals surface area contributed by atoms with E-state index in [2.05, 4.69) is 33.0 Å². The number of likely N-dealkylation sites (tertiary alicyclic amines) is 1. The fourth-order valence-electron chi connectivity index (χ4n) is 4.42. The number of likely N-dealkylation sites (N-methyl/N-ethyl adjacent to an activating group) is 1. The molecule has 6 heteroatoms. The molecule has 0 saturated carbocycles. The van der Waals surface area contributed by atoms with Crippen molar-refractivity contribution in [1.82, 2.24) is 15.1 Å². The number of nitrogens with zero attached hydrogens (tertiary/aromatic N) is 4. The molecule has 0 unspecified atom stereocenters. The molecule has 0 radical (unpaired) electrons. The first-order chi connectivity index (χ1) is 12.6. The second-order valence-electron chi connectivity index (χ2n) is 7.35. The van der Waals surface area contributed by atoms with Gasteiger partial charge in [0.25, 0.3) is 0 Å². The van der Waals surface area contributed by atoms with Crippen molar-refractivity contribution in [2.45, 2.75) is 32.7 Å².